The smallest absolute Gasteiger partial charge is 0.348 e. The first-order valence-electron chi connectivity index (χ1n) is 5.92. The molecule has 6 heteroatoms. The van der Waals surface area contributed by atoms with E-state index in [9.17, 15) is 14.7 Å². The second kappa shape index (κ2) is 5.16. The SMILES string of the molecule is Cc1ccc2oc(=O)c(C=NC(C)C(=O)O)c(O)c2c1. The summed E-state index contributed by atoms with van der Waals surface area (Å²) in [5.74, 6) is -1.39. The topological polar surface area (TPSA) is 100 Å². The molecule has 104 valence electrons. The predicted molar refractivity (Wildman–Crippen MR) is 73.6 cm³/mol. The van der Waals surface area contributed by atoms with Crippen molar-refractivity contribution in [3.05, 3.63) is 39.7 Å². The summed E-state index contributed by atoms with van der Waals surface area (Å²) in [5.41, 5.74) is 0.237. The third-order valence-electron chi connectivity index (χ3n) is 2.85. The van der Waals surface area contributed by atoms with E-state index in [0.717, 1.165) is 11.8 Å². The van der Waals surface area contributed by atoms with E-state index in [2.05, 4.69) is 4.99 Å². The molecule has 1 heterocycles. The van der Waals surface area contributed by atoms with Gasteiger partial charge in [0.05, 0.1) is 5.39 Å². The number of hydrogen-bond acceptors (Lipinski definition) is 5. The van der Waals surface area contributed by atoms with E-state index < -0.39 is 17.6 Å². The van der Waals surface area contributed by atoms with Crippen LogP contribution in [0.2, 0.25) is 0 Å². The lowest BCUT2D eigenvalue weighted by Crippen LogP contribution is -2.15. The molecule has 6 nitrogen and oxygen atoms in total. The van der Waals surface area contributed by atoms with Gasteiger partial charge in [-0.1, -0.05) is 11.6 Å². The molecule has 2 aromatic rings. The fraction of sp³-hybridized carbons (Fsp3) is 0.214. The van der Waals surface area contributed by atoms with Gasteiger partial charge in [0.15, 0.2) is 0 Å². The van der Waals surface area contributed by atoms with Crippen LogP contribution in [0.15, 0.2) is 32.4 Å². The quantitative estimate of drug-likeness (QED) is 0.656. The molecule has 0 saturated carbocycles. The van der Waals surface area contributed by atoms with Gasteiger partial charge in [-0.25, -0.2) is 9.59 Å². The van der Waals surface area contributed by atoms with Crippen molar-refractivity contribution in [3.63, 3.8) is 0 Å². The summed E-state index contributed by atoms with van der Waals surface area (Å²) in [7, 11) is 0. The number of carboxylic acid groups (broad SMARTS) is 1. The molecular weight excluding hydrogens is 262 g/mol. The Morgan fingerprint density at radius 1 is 1.45 bits per heavy atom. The van der Waals surface area contributed by atoms with Crippen molar-refractivity contribution < 1.29 is 19.4 Å². The zero-order chi connectivity index (χ0) is 14.9. The minimum absolute atomic E-state index is 0.156. The Bertz CT molecular complexity index is 760. The van der Waals surface area contributed by atoms with E-state index in [1.165, 1.54) is 6.92 Å². The molecule has 0 fully saturated rings. The van der Waals surface area contributed by atoms with E-state index in [4.69, 9.17) is 9.52 Å². The molecule has 20 heavy (non-hydrogen) atoms. The summed E-state index contributed by atoms with van der Waals surface area (Å²) < 4.78 is 5.07. The Morgan fingerprint density at radius 2 is 2.15 bits per heavy atom. The highest BCUT2D eigenvalue weighted by molar-refractivity contribution is 5.94. The molecule has 0 radical (unpaired) electrons. The molecule has 1 aromatic carbocycles. The van der Waals surface area contributed by atoms with Gasteiger partial charge in [0.25, 0.3) is 0 Å². The van der Waals surface area contributed by atoms with E-state index >= 15 is 0 Å². The van der Waals surface area contributed by atoms with E-state index in [-0.39, 0.29) is 16.9 Å². The molecule has 2 N–H and O–H groups in total. The van der Waals surface area contributed by atoms with Crippen molar-refractivity contribution in [2.45, 2.75) is 19.9 Å². The van der Waals surface area contributed by atoms with Crippen LogP contribution in [-0.2, 0) is 4.79 Å². The number of aliphatic imine (C=N–C) groups is 1. The third kappa shape index (κ3) is 2.54. The van der Waals surface area contributed by atoms with Crippen LogP contribution in [0.3, 0.4) is 0 Å². The number of rotatable bonds is 3. The Kier molecular flexibility index (Phi) is 3.56. The number of benzene rings is 1. The zero-order valence-electron chi connectivity index (χ0n) is 11.0. The van der Waals surface area contributed by atoms with Crippen molar-refractivity contribution in [1.82, 2.24) is 0 Å². The molecule has 1 atom stereocenters. The van der Waals surface area contributed by atoms with Crippen LogP contribution in [0, 0.1) is 6.92 Å². The van der Waals surface area contributed by atoms with Gasteiger partial charge in [-0.3, -0.25) is 4.99 Å². The average molecular weight is 275 g/mol. The summed E-state index contributed by atoms with van der Waals surface area (Å²) in [6, 6.07) is 4.00. The third-order valence-corrected chi connectivity index (χ3v) is 2.85. The Balaban J connectivity index is 2.59. The van der Waals surface area contributed by atoms with Crippen LogP contribution in [0.25, 0.3) is 11.0 Å². The first kappa shape index (κ1) is 13.8. The summed E-state index contributed by atoms with van der Waals surface area (Å²) in [6.45, 7) is 3.20. The van der Waals surface area contributed by atoms with Gasteiger partial charge in [-0.05, 0) is 26.0 Å². The van der Waals surface area contributed by atoms with Crippen LogP contribution < -0.4 is 5.63 Å². The number of carboxylic acids is 1. The maximum Gasteiger partial charge on any atom is 0.348 e. The minimum Gasteiger partial charge on any atom is -0.506 e. The van der Waals surface area contributed by atoms with Crippen molar-refractivity contribution in [3.8, 4) is 5.75 Å². The fourth-order valence-corrected chi connectivity index (χ4v) is 1.68. The lowest BCUT2D eigenvalue weighted by atomic mass is 10.1. The van der Waals surface area contributed by atoms with Gasteiger partial charge >= 0.3 is 11.6 Å². The number of fused-ring (bicyclic) bond motifs is 1. The molecule has 1 unspecified atom stereocenters. The number of hydrogen-bond donors (Lipinski definition) is 2. The maximum atomic E-state index is 11.8. The summed E-state index contributed by atoms with van der Waals surface area (Å²) in [4.78, 5) is 26.1. The van der Waals surface area contributed by atoms with E-state index in [1.807, 2.05) is 6.92 Å². The molecule has 0 saturated heterocycles. The summed E-state index contributed by atoms with van der Waals surface area (Å²) in [5, 5.41) is 19.2. The van der Waals surface area contributed by atoms with Crippen molar-refractivity contribution in [1.29, 1.82) is 0 Å². The maximum absolute atomic E-state index is 11.8. The Labute approximate surface area is 114 Å². The summed E-state index contributed by atoms with van der Waals surface area (Å²) in [6.07, 6.45) is 1.03. The fourth-order valence-electron chi connectivity index (χ4n) is 1.68. The van der Waals surface area contributed by atoms with Crippen LogP contribution in [0.4, 0.5) is 0 Å². The number of nitrogens with zero attached hydrogens (tertiary/aromatic N) is 1. The molecule has 2 rings (SSSR count). The molecule has 0 amide bonds. The highest BCUT2D eigenvalue weighted by Gasteiger charge is 2.14. The van der Waals surface area contributed by atoms with Gasteiger partial charge in [0, 0.05) is 6.21 Å². The van der Waals surface area contributed by atoms with Crippen molar-refractivity contribution in [2.75, 3.05) is 0 Å². The van der Waals surface area contributed by atoms with Gasteiger partial charge in [0.2, 0.25) is 0 Å². The van der Waals surface area contributed by atoms with Crippen LogP contribution in [0.5, 0.6) is 5.75 Å². The van der Waals surface area contributed by atoms with Crippen molar-refractivity contribution >= 4 is 23.2 Å². The van der Waals surface area contributed by atoms with Crippen LogP contribution >= 0.6 is 0 Å². The lowest BCUT2D eigenvalue weighted by Gasteiger charge is -2.04. The standard InChI is InChI=1S/C14H13NO5/c1-7-3-4-11-9(5-7)12(16)10(14(19)20-11)6-15-8(2)13(17)18/h3-6,8,16H,1-2H3,(H,17,18). The monoisotopic (exact) mass is 275 g/mol. The van der Waals surface area contributed by atoms with E-state index in [1.54, 1.807) is 18.2 Å². The molecular formula is C14H13NO5. The van der Waals surface area contributed by atoms with E-state index in [0.29, 0.717) is 5.39 Å². The first-order valence-corrected chi connectivity index (χ1v) is 5.92. The average Bonchev–Trinajstić information content (AvgIpc) is 2.39. The second-order valence-corrected chi connectivity index (χ2v) is 4.44. The Morgan fingerprint density at radius 3 is 2.80 bits per heavy atom. The normalized spacial score (nSPS) is 12.9. The minimum atomic E-state index is -1.12. The molecule has 1 aromatic heterocycles. The van der Waals surface area contributed by atoms with Crippen molar-refractivity contribution in [2.24, 2.45) is 4.99 Å². The van der Waals surface area contributed by atoms with Crippen LogP contribution in [0.1, 0.15) is 18.1 Å². The lowest BCUT2D eigenvalue weighted by molar-refractivity contribution is -0.137. The first-order chi connectivity index (χ1) is 9.40. The van der Waals surface area contributed by atoms with Crippen LogP contribution in [-0.4, -0.2) is 28.4 Å². The molecule has 0 aliphatic carbocycles. The van der Waals surface area contributed by atoms with Gasteiger partial charge in [0.1, 0.15) is 22.9 Å². The number of carbonyl (C=O) groups is 1. The second-order valence-electron chi connectivity index (χ2n) is 4.44. The predicted octanol–water partition coefficient (Wildman–Crippen LogP) is 1.70. The Hall–Kier alpha value is -2.63. The number of aromatic hydroxyl groups is 1. The molecule has 0 aliphatic heterocycles. The largest absolute Gasteiger partial charge is 0.506 e. The molecule has 0 spiro atoms. The number of aliphatic carboxylic acids is 1. The summed E-state index contributed by atoms with van der Waals surface area (Å²) >= 11 is 0. The highest BCUT2D eigenvalue weighted by atomic mass is 16.4. The van der Waals surface area contributed by atoms with Gasteiger partial charge in [-0.2, -0.15) is 0 Å². The van der Waals surface area contributed by atoms with Gasteiger partial charge < -0.3 is 14.6 Å². The number of aryl methyl sites for hydroxylation is 1. The molecule has 0 bridgehead atoms. The zero-order valence-corrected chi connectivity index (χ0v) is 11.0. The molecule has 0 aliphatic rings. The highest BCUT2D eigenvalue weighted by Crippen LogP contribution is 2.26. The van der Waals surface area contributed by atoms with Gasteiger partial charge in [-0.15, -0.1) is 0 Å².